The lowest BCUT2D eigenvalue weighted by Crippen LogP contribution is -2.17. The van der Waals surface area contributed by atoms with E-state index in [4.69, 9.17) is 9.47 Å². The fraction of sp³-hybridized carbons (Fsp3) is 0.455. The number of hydrogen-bond acceptors (Lipinski definition) is 4. The van der Waals surface area contributed by atoms with Gasteiger partial charge in [-0.05, 0) is 19.2 Å². The molecule has 0 radical (unpaired) electrons. The molecule has 1 aliphatic heterocycles. The third kappa shape index (κ3) is 2.54. The minimum absolute atomic E-state index is 0.555. The van der Waals surface area contributed by atoms with E-state index in [0.29, 0.717) is 24.7 Å². The molecule has 4 nitrogen and oxygen atoms in total. The van der Waals surface area contributed by atoms with Crippen LogP contribution in [0.1, 0.15) is 0 Å². The Labute approximate surface area is 97.4 Å². The van der Waals surface area contributed by atoms with E-state index < -0.39 is 10.8 Å². The minimum Gasteiger partial charge on any atom is -0.486 e. The van der Waals surface area contributed by atoms with E-state index in [2.05, 4.69) is 5.32 Å². The van der Waals surface area contributed by atoms with Crippen LogP contribution in [0.15, 0.2) is 23.1 Å². The van der Waals surface area contributed by atoms with Gasteiger partial charge in [0.15, 0.2) is 11.5 Å². The SMILES string of the molecule is CNCCS(=O)c1ccc2c(c1)OCCO2. The van der Waals surface area contributed by atoms with Gasteiger partial charge in [-0.2, -0.15) is 0 Å². The van der Waals surface area contributed by atoms with Crippen molar-refractivity contribution in [2.24, 2.45) is 0 Å². The highest BCUT2D eigenvalue weighted by Gasteiger charge is 2.13. The molecule has 0 bridgehead atoms. The van der Waals surface area contributed by atoms with Crippen LogP contribution in [0.3, 0.4) is 0 Å². The van der Waals surface area contributed by atoms with Gasteiger partial charge in [0.05, 0.1) is 10.8 Å². The molecule has 0 amide bonds. The van der Waals surface area contributed by atoms with E-state index in [1.807, 2.05) is 19.2 Å². The Hall–Kier alpha value is -1.07. The zero-order valence-corrected chi connectivity index (χ0v) is 10.0. The Morgan fingerprint density at radius 2 is 2.06 bits per heavy atom. The van der Waals surface area contributed by atoms with Crippen LogP contribution in [0, 0.1) is 0 Å². The van der Waals surface area contributed by atoms with E-state index in [9.17, 15) is 4.21 Å². The summed E-state index contributed by atoms with van der Waals surface area (Å²) >= 11 is 0. The van der Waals surface area contributed by atoms with Crippen LogP contribution < -0.4 is 14.8 Å². The molecule has 0 aromatic heterocycles. The molecule has 88 valence electrons. The topological polar surface area (TPSA) is 47.6 Å². The first-order valence-electron chi connectivity index (χ1n) is 5.24. The molecular weight excluding hydrogens is 226 g/mol. The number of fused-ring (bicyclic) bond motifs is 1. The third-order valence-corrected chi connectivity index (χ3v) is 3.67. The zero-order chi connectivity index (χ0) is 11.4. The van der Waals surface area contributed by atoms with E-state index in [1.54, 1.807) is 6.07 Å². The molecule has 16 heavy (non-hydrogen) atoms. The molecule has 0 fully saturated rings. The maximum atomic E-state index is 11.9. The van der Waals surface area contributed by atoms with Gasteiger partial charge in [-0.3, -0.25) is 4.21 Å². The average Bonchev–Trinajstić information content (AvgIpc) is 2.35. The number of rotatable bonds is 4. The van der Waals surface area contributed by atoms with Crippen LogP contribution in [0.25, 0.3) is 0 Å². The van der Waals surface area contributed by atoms with Gasteiger partial charge in [0, 0.05) is 23.3 Å². The smallest absolute Gasteiger partial charge is 0.162 e. The number of ether oxygens (including phenoxy) is 2. The van der Waals surface area contributed by atoms with Gasteiger partial charge in [-0.15, -0.1) is 0 Å². The Morgan fingerprint density at radius 1 is 1.31 bits per heavy atom. The van der Waals surface area contributed by atoms with Crippen LogP contribution in [-0.4, -0.2) is 36.8 Å². The normalized spacial score (nSPS) is 15.8. The van der Waals surface area contributed by atoms with E-state index in [-0.39, 0.29) is 0 Å². The number of hydrogen-bond donors (Lipinski definition) is 1. The predicted octanol–water partition coefficient (Wildman–Crippen LogP) is 0.785. The van der Waals surface area contributed by atoms with E-state index in [1.165, 1.54) is 0 Å². The van der Waals surface area contributed by atoms with Gasteiger partial charge in [0.25, 0.3) is 0 Å². The summed E-state index contributed by atoms with van der Waals surface area (Å²) in [6.07, 6.45) is 0. The fourth-order valence-electron chi connectivity index (χ4n) is 1.48. The molecule has 2 rings (SSSR count). The molecule has 5 heteroatoms. The van der Waals surface area contributed by atoms with E-state index in [0.717, 1.165) is 17.2 Å². The van der Waals surface area contributed by atoms with Crippen molar-refractivity contribution in [1.29, 1.82) is 0 Å². The van der Waals surface area contributed by atoms with Crippen LogP contribution in [0.4, 0.5) is 0 Å². The number of nitrogens with one attached hydrogen (secondary N) is 1. The molecule has 1 N–H and O–H groups in total. The zero-order valence-electron chi connectivity index (χ0n) is 9.19. The quantitative estimate of drug-likeness (QED) is 0.846. The van der Waals surface area contributed by atoms with Gasteiger partial charge >= 0.3 is 0 Å². The lowest BCUT2D eigenvalue weighted by Gasteiger charge is -2.18. The second kappa shape index (κ2) is 5.32. The summed E-state index contributed by atoms with van der Waals surface area (Å²) in [7, 11) is 0.869. The highest BCUT2D eigenvalue weighted by atomic mass is 32.2. The summed E-state index contributed by atoms with van der Waals surface area (Å²) in [5.74, 6) is 2.04. The third-order valence-electron chi connectivity index (χ3n) is 2.31. The molecule has 0 saturated heterocycles. The summed E-state index contributed by atoms with van der Waals surface area (Å²) in [5.41, 5.74) is 0. The largest absolute Gasteiger partial charge is 0.486 e. The molecule has 1 atom stereocenters. The maximum Gasteiger partial charge on any atom is 0.162 e. The highest BCUT2D eigenvalue weighted by molar-refractivity contribution is 7.85. The predicted molar refractivity (Wildman–Crippen MR) is 62.6 cm³/mol. The van der Waals surface area contributed by atoms with Crippen molar-refractivity contribution < 1.29 is 13.7 Å². The Balaban J connectivity index is 2.13. The van der Waals surface area contributed by atoms with Gasteiger partial charge in [0.2, 0.25) is 0 Å². The molecular formula is C11H15NO3S. The van der Waals surface area contributed by atoms with Crippen molar-refractivity contribution in [1.82, 2.24) is 5.32 Å². The van der Waals surface area contributed by atoms with Crippen LogP contribution in [0.5, 0.6) is 11.5 Å². The van der Waals surface area contributed by atoms with Crippen molar-refractivity contribution in [2.45, 2.75) is 4.90 Å². The maximum absolute atomic E-state index is 11.9. The summed E-state index contributed by atoms with van der Waals surface area (Å²) in [4.78, 5) is 0.791. The summed E-state index contributed by atoms with van der Waals surface area (Å²) in [6.45, 7) is 1.87. The van der Waals surface area contributed by atoms with Crippen LogP contribution in [0.2, 0.25) is 0 Å². The van der Waals surface area contributed by atoms with Gasteiger partial charge < -0.3 is 14.8 Å². The Kier molecular flexibility index (Phi) is 3.79. The second-order valence-electron chi connectivity index (χ2n) is 3.46. The molecule has 1 unspecified atom stereocenters. The van der Waals surface area contributed by atoms with Crippen LogP contribution >= 0.6 is 0 Å². The summed E-state index contributed by atoms with van der Waals surface area (Å²) < 4.78 is 22.7. The fourth-order valence-corrected chi connectivity index (χ4v) is 2.56. The van der Waals surface area contributed by atoms with Crippen molar-refractivity contribution in [2.75, 3.05) is 32.6 Å². The molecule has 0 saturated carbocycles. The molecule has 1 aromatic carbocycles. The molecule has 0 spiro atoms. The van der Waals surface area contributed by atoms with Gasteiger partial charge in [0.1, 0.15) is 13.2 Å². The lowest BCUT2D eigenvalue weighted by molar-refractivity contribution is 0.171. The molecule has 1 aliphatic rings. The van der Waals surface area contributed by atoms with Gasteiger partial charge in [-0.25, -0.2) is 0 Å². The molecule has 0 aliphatic carbocycles. The monoisotopic (exact) mass is 241 g/mol. The molecule has 1 aromatic rings. The Bertz CT molecular complexity index is 395. The first-order valence-corrected chi connectivity index (χ1v) is 6.56. The summed E-state index contributed by atoms with van der Waals surface area (Å²) in [5, 5.41) is 2.98. The lowest BCUT2D eigenvalue weighted by atomic mass is 10.3. The standard InChI is InChI=1S/C11H15NO3S/c1-12-4-7-16(13)9-2-3-10-11(8-9)15-6-5-14-10/h2-3,8,12H,4-7H2,1H3. The van der Waals surface area contributed by atoms with Crippen LogP contribution in [-0.2, 0) is 10.8 Å². The summed E-state index contributed by atoms with van der Waals surface area (Å²) in [6, 6.07) is 5.46. The molecule has 1 heterocycles. The number of benzene rings is 1. The van der Waals surface area contributed by atoms with Gasteiger partial charge in [-0.1, -0.05) is 0 Å². The van der Waals surface area contributed by atoms with Crippen molar-refractivity contribution in [3.8, 4) is 11.5 Å². The van der Waals surface area contributed by atoms with Crippen molar-refractivity contribution >= 4 is 10.8 Å². The first-order chi connectivity index (χ1) is 7.81. The van der Waals surface area contributed by atoms with E-state index >= 15 is 0 Å². The minimum atomic E-state index is -0.979. The first kappa shape index (κ1) is 11.4. The Morgan fingerprint density at radius 3 is 2.81 bits per heavy atom. The van der Waals surface area contributed by atoms with Crippen molar-refractivity contribution in [3.05, 3.63) is 18.2 Å². The van der Waals surface area contributed by atoms with Crippen molar-refractivity contribution in [3.63, 3.8) is 0 Å². The highest BCUT2D eigenvalue weighted by Crippen LogP contribution is 2.31. The second-order valence-corrected chi connectivity index (χ2v) is 5.03. The average molecular weight is 241 g/mol.